The maximum absolute atomic E-state index is 6.19. The van der Waals surface area contributed by atoms with Crippen molar-refractivity contribution in [2.75, 3.05) is 0 Å². The Morgan fingerprint density at radius 3 is 2.75 bits per heavy atom. The van der Waals surface area contributed by atoms with E-state index < -0.39 is 0 Å². The lowest BCUT2D eigenvalue weighted by atomic mass is 10.0. The fraction of sp³-hybridized carbons (Fsp3) is 0.500. The van der Waals surface area contributed by atoms with Gasteiger partial charge in [0, 0.05) is 18.8 Å². The lowest BCUT2D eigenvalue weighted by molar-refractivity contribution is 0.759. The van der Waals surface area contributed by atoms with Crippen molar-refractivity contribution in [1.82, 2.24) is 19.4 Å². The van der Waals surface area contributed by atoms with Crippen molar-refractivity contribution < 1.29 is 0 Å². The van der Waals surface area contributed by atoms with E-state index in [1.807, 2.05) is 13.2 Å². The first-order chi connectivity index (χ1) is 7.59. The molecule has 86 valence electrons. The van der Waals surface area contributed by atoms with Crippen molar-refractivity contribution in [3.8, 4) is 0 Å². The summed E-state index contributed by atoms with van der Waals surface area (Å²) in [5, 5.41) is 8.25. The van der Waals surface area contributed by atoms with Crippen molar-refractivity contribution >= 4 is 11.5 Å². The van der Waals surface area contributed by atoms with E-state index in [0.717, 1.165) is 16.1 Å². The number of aryl methyl sites for hydroxylation is 1. The normalized spacial score (nSPS) is 13.3. The van der Waals surface area contributed by atoms with Crippen molar-refractivity contribution in [3.05, 3.63) is 28.5 Å². The Morgan fingerprint density at radius 1 is 1.44 bits per heavy atom. The Kier molecular flexibility index (Phi) is 3.02. The summed E-state index contributed by atoms with van der Waals surface area (Å²) in [4.78, 5) is 1.03. The Labute approximate surface area is 98.4 Å². The zero-order chi connectivity index (χ0) is 11.7. The Morgan fingerprint density at radius 2 is 2.19 bits per heavy atom. The lowest BCUT2D eigenvalue weighted by Crippen LogP contribution is -2.12. The van der Waals surface area contributed by atoms with Crippen LogP contribution < -0.4 is 5.73 Å². The largest absolute Gasteiger partial charge is 0.319 e. The third kappa shape index (κ3) is 1.98. The zero-order valence-corrected chi connectivity index (χ0v) is 10.4. The molecular weight excluding hydrogens is 222 g/mol. The van der Waals surface area contributed by atoms with Crippen LogP contribution in [0.25, 0.3) is 0 Å². The summed E-state index contributed by atoms with van der Waals surface area (Å²) in [6, 6.07) is -0.175. The van der Waals surface area contributed by atoms with Crippen LogP contribution in [0.2, 0.25) is 0 Å². The molecule has 0 aromatic carbocycles. The molecule has 0 aliphatic heterocycles. The minimum atomic E-state index is -0.175. The van der Waals surface area contributed by atoms with E-state index in [0.29, 0.717) is 5.92 Å². The number of nitrogens with two attached hydrogens (primary N) is 1. The summed E-state index contributed by atoms with van der Waals surface area (Å²) >= 11 is 1.37. The van der Waals surface area contributed by atoms with Crippen molar-refractivity contribution in [2.24, 2.45) is 12.8 Å². The fourth-order valence-electron chi connectivity index (χ4n) is 1.57. The third-order valence-corrected chi connectivity index (χ3v) is 3.28. The molecule has 16 heavy (non-hydrogen) atoms. The molecule has 2 rings (SSSR count). The van der Waals surface area contributed by atoms with Crippen LogP contribution in [0.1, 0.15) is 41.9 Å². The average molecular weight is 237 g/mol. The van der Waals surface area contributed by atoms with E-state index in [2.05, 4.69) is 28.5 Å². The van der Waals surface area contributed by atoms with Crippen LogP contribution in [0, 0.1) is 0 Å². The van der Waals surface area contributed by atoms with Gasteiger partial charge in [0.2, 0.25) is 0 Å². The molecule has 0 radical (unpaired) electrons. The molecule has 1 atom stereocenters. The van der Waals surface area contributed by atoms with Gasteiger partial charge in [0.25, 0.3) is 0 Å². The maximum Gasteiger partial charge on any atom is 0.0832 e. The van der Waals surface area contributed by atoms with Gasteiger partial charge in [-0.15, -0.1) is 5.10 Å². The van der Waals surface area contributed by atoms with Crippen LogP contribution in [0.3, 0.4) is 0 Å². The molecule has 0 amide bonds. The molecule has 0 saturated carbocycles. The molecule has 6 heteroatoms. The standard InChI is InChI=1S/C10H15N5S/c1-6(2)9-10(16-14-13-9)8(11)7-4-12-15(3)5-7/h4-6,8H,11H2,1-3H3. The number of aromatic nitrogens is 4. The van der Waals surface area contributed by atoms with Crippen LogP contribution in [0.5, 0.6) is 0 Å². The van der Waals surface area contributed by atoms with Gasteiger partial charge >= 0.3 is 0 Å². The van der Waals surface area contributed by atoms with E-state index in [9.17, 15) is 0 Å². The highest BCUT2D eigenvalue weighted by Crippen LogP contribution is 2.28. The van der Waals surface area contributed by atoms with Crippen LogP contribution in [0.15, 0.2) is 12.4 Å². The van der Waals surface area contributed by atoms with E-state index in [1.165, 1.54) is 11.5 Å². The van der Waals surface area contributed by atoms with E-state index >= 15 is 0 Å². The SMILES string of the molecule is CC(C)c1nnsc1C(N)c1cnn(C)c1. The van der Waals surface area contributed by atoms with Gasteiger partial charge in [-0.05, 0) is 17.5 Å². The smallest absolute Gasteiger partial charge is 0.0832 e. The van der Waals surface area contributed by atoms with Crippen molar-refractivity contribution in [3.63, 3.8) is 0 Å². The van der Waals surface area contributed by atoms with Gasteiger partial charge in [-0.3, -0.25) is 4.68 Å². The highest BCUT2D eigenvalue weighted by atomic mass is 32.1. The van der Waals surface area contributed by atoms with Gasteiger partial charge in [0.15, 0.2) is 0 Å². The second-order valence-electron chi connectivity index (χ2n) is 4.10. The number of hydrogen-bond acceptors (Lipinski definition) is 5. The minimum Gasteiger partial charge on any atom is -0.319 e. The number of rotatable bonds is 3. The van der Waals surface area contributed by atoms with Crippen LogP contribution in [-0.4, -0.2) is 19.4 Å². The maximum atomic E-state index is 6.19. The highest BCUT2D eigenvalue weighted by molar-refractivity contribution is 7.05. The average Bonchev–Trinajstić information content (AvgIpc) is 2.84. The first kappa shape index (κ1) is 11.2. The quantitative estimate of drug-likeness (QED) is 0.877. The van der Waals surface area contributed by atoms with Gasteiger partial charge in [-0.25, -0.2) is 0 Å². The monoisotopic (exact) mass is 237 g/mol. The second kappa shape index (κ2) is 4.31. The topological polar surface area (TPSA) is 69.6 Å². The van der Waals surface area contributed by atoms with Crippen molar-refractivity contribution in [1.29, 1.82) is 0 Å². The molecule has 5 nitrogen and oxygen atoms in total. The molecule has 0 saturated heterocycles. The Hall–Kier alpha value is -1.27. The molecule has 0 bridgehead atoms. The predicted molar refractivity (Wildman–Crippen MR) is 63.2 cm³/mol. The summed E-state index contributed by atoms with van der Waals surface area (Å²) in [6.07, 6.45) is 3.71. The Bertz CT molecular complexity index is 473. The van der Waals surface area contributed by atoms with Crippen molar-refractivity contribution in [2.45, 2.75) is 25.8 Å². The molecule has 2 heterocycles. The van der Waals surface area contributed by atoms with E-state index in [4.69, 9.17) is 5.73 Å². The first-order valence-corrected chi connectivity index (χ1v) is 5.93. The van der Waals surface area contributed by atoms with Gasteiger partial charge in [-0.2, -0.15) is 5.10 Å². The number of hydrogen-bond donors (Lipinski definition) is 1. The van der Waals surface area contributed by atoms with Gasteiger partial charge < -0.3 is 5.73 Å². The first-order valence-electron chi connectivity index (χ1n) is 5.16. The molecule has 0 aliphatic rings. The van der Waals surface area contributed by atoms with Crippen LogP contribution in [-0.2, 0) is 7.05 Å². The minimum absolute atomic E-state index is 0.175. The van der Waals surface area contributed by atoms with Gasteiger partial charge in [0.05, 0.1) is 22.8 Å². The lowest BCUT2D eigenvalue weighted by Gasteiger charge is -2.09. The van der Waals surface area contributed by atoms with E-state index in [1.54, 1.807) is 10.9 Å². The summed E-state index contributed by atoms with van der Waals surface area (Å²) in [5.74, 6) is 0.344. The molecule has 2 aromatic heterocycles. The Balaban J connectivity index is 2.33. The fourth-order valence-corrected chi connectivity index (χ4v) is 2.41. The summed E-state index contributed by atoms with van der Waals surface area (Å²) < 4.78 is 5.73. The summed E-state index contributed by atoms with van der Waals surface area (Å²) in [6.45, 7) is 4.19. The van der Waals surface area contributed by atoms with Crippen LogP contribution >= 0.6 is 11.5 Å². The van der Waals surface area contributed by atoms with Gasteiger partial charge in [-0.1, -0.05) is 18.3 Å². The number of nitrogens with zero attached hydrogens (tertiary/aromatic N) is 4. The van der Waals surface area contributed by atoms with E-state index in [-0.39, 0.29) is 6.04 Å². The second-order valence-corrected chi connectivity index (χ2v) is 4.89. The molecule has 0 spiro atoms. The summed E-state index contributed by atoms with van der Waals surface area (Å²) in [7, 11) is 1.88. The molecule has 2 aromatic rings. The molecule has 0 fully saturated rings. The molecule has 0 aliphatic carbocycles. The van der Waals surface area contributed by atoms with Gasteiger partial charge in [0.1, 0.15) is 0 Å². The third-order valence-electron chi connectivity index (χ3n) is 2.45. The molecule has 1 unspecified atom stereocenters. The molecule has 2 N–H and O–H groups in total. The molecular formula is C10H15N5S. The predicted octanol–water partition coefficient (Wildman–Crippen LogP) is 1.44. The zero-order valence-electron chi connectivity index (χ0n) is 9.58. The highest BCUT2D eigenvalue weighted by Gasteiger charge is 2.20. The summed E-state index contributed by atoms with van der Waals surface area (Å²) in [5.41, 5.74) is 8.17. The van der Waals surface area contributed by atoms with Crippen LogP contribution in [0.4, 0.5) is 0 Å².